The molecule has 6 aromatic carbocycles. The molecule has 0 saturated heterocycles. The second kappa shape index (κ2) is 20.7. The fourth-order valence-corrected chi connectivity index (χ4v) is 6.95. The van der Waals surface area contributed by atoms with Crippen molar-refractivity contribution in [1.29, 1.82) is 0 Å². The van der Waals surface area contributed by atoms with Crippen LogP contribution in [0.2, 0.25) is 0 Å². The van der Waals surface area contributed by atoms with Crippen molar-refractivity contribution in [2.75, 3.05) is 28.4 Å². The summed E-state index contributed by atoms with van der Waals surface area (Å²) in [6.07, 6.45) is 0.774. The Morgan fingerprint density at radius 1 is 0.426 bits per heavy atom. The molecule has 0 saturated carbocycles. The first-order chi connectivity index (χ1) is 29.2. The van der Waals surface area contributed by atoms with E-state index in [-0.39, 0.29) is 5.92 Å². The maximum absolute atomic E-state index is 12.6. The molecule has 0 radical (unpaired) electrons. The lowest BCUT2D eigenvalue weighted by atomic mass is 9.93. The SMILES string of the molecule is COC(=O)c1ccc(C(=O)Oc2c(C)cc(Cc3cc(C)c(OC)c(C)c3)cc2C)cc1.COC(=O)c1ccc(C(=O)Oc2ccc(C(C)c3ccc(OC)cc3)cc2)cc1. The second-order valence-corrected chi connectivity index (χ2v) is 14.5. The molecule has 0 aromatic heterocycles. The molecule has 0 aliphatic heterocycles. The van der Waals surface area contributed by atoms with E-state index in [1.54, 1.807) is 50.6 Å². The Morgan fingerprint density at radius 3 is 1.13 bits per heavy atom. The first kappa shape index (κ1) is 44.9. The van der Waals surface area contributed by atoms with Gasteiger partial charge in [-0.2, -0.15) is 0 Å². The van der Waals surface area contributed by atoms with E-state index in [1.807, 2.05) is 76.2 Å². The second-order valence-electron chi connectivity index (χ2n) is 14.5. The van der Waals surface area contributed by atoms with E-state index in [1.165, 1.54) is 49.6 Å². The van der Waals surface area contributed by atoms with Crippen LogP contribution >= 0.6 is 0 Å². The predicted molar refractivity (Wildman–Crippen MR) is 234 cm³/mol. The van der Waals surface area contributed by atoms with Crippen LogP contribution in [0.1, 0.15) is 98.8 Å². The van der Waals surface area contributed by atoms with E-state index in [4.69, 9.17) is 18.9 Å². The normalized spacial score (nSPS) is 11.0. The topological polar surface area (TPSA) is 124 Å². The van der Waals surface area contributed by atoms with Crippen molar-refractivity contribution in [3.05, 3.63) is 188 Å². The molecule has 0 aliphatic rings. The molecule has 1 atom stereocenters. The number of ether oxygens (including phenoxy) is 6. The van der Waals surface area contributed by atoms with Crippen LogP contribution in [-0.4, -0.2) is 52.3 Å². The van der Waals surface area contributed by atoms with Crippen molar-refractivity contribution in [1.82, 2.24) is 0 Å². The smallest absolute Gasteiger partial charge is 0.343 e. The number of esters is 4. The molecule has 61 heavy (non-hydrogen) atoms. The molecule has 0 heterocycles. The number of hydrogen-bond acceptors (Lipinski definition) is 10. The van der Waals surface area contributed by atoms with Crippen molar-refractivity contribution >= 4 is 23.9 Å². The van der Waals surface area contributed by atoms with Crippen LogP contribution < -0.4 is 18.9 Å². The molecule has 0 fully saturated rings. The third-order valence-electron chi connectivity index (χ3n) is 10.1. The number of rotatable bonds is 12. The lowest BCUT2D eigenvalue weighted by Crippen LogP contribution is -2.11. The van der Waals surface area contributed by atoms with E-state index in [2.05, 4.69) is 28.5 Å². The average Bonchev–Trinajstić information content (AvgIpc) is 3.27. The number of hydrogen-bond donors (Lipinski definition) is 0. The van der Waals surface area contributed by atoms with Gasteiger partial charge in [0.05, 0.1) is 50.7 Å². The quantitative estimate of drug-likeness (QED) is 0.0870. The van der Waals surface area contributed by atoms with E-state index in [0.29, 0.717) is 33.8 Å². The maximum atomic E-state index is 12.6. The number of carbonyl (C=O) groups excluding carboxylic acids is 4. The molecular formula is C51H50O10. The zero-order chi connectivity index (χ0) is 44.2. The third kappa shape index (κ3) is 11.5. The Labute approximate surface area is 357 Å². The van der Waals surface area contributed by atoms with Gasteiger partial charge in [0.1, 0.15) is 23.0 Å². The molecule has 6 rings (SSSR count). The molecule has 10 nitrogen and oxygen atoms in total. The van der Waals surface area contributed by atoms with Crippen LogP contribution in [0.3, 0.4) is 0 Å². The van der Waals surface area contributed by atoms with Crippen LogP contribution in [0.15, 0.2) is 121 Å². The lowest BCUT2D eigenvalue weighted by molar-refractivity contribution is 0.0591. The highest BCUT2D eigenvalue weighted by Crippen LogP contribution is 2.30. The average molecular weight is 823 g/mol. The molecule has 0 bridgehead atoms. The van der Waals surface area contributed by atoms with Crippen LogP contribution in [0, 0.1) is 27.7 Å². The van der Waals surface area contributed by atoms with Gasteiger partial charge in [0, 0.05) is 5.92 Å². The molecule has 314 valence electrons. The van der Waals surface area contributed by atoms with Crippen molar-refractivity contribution < 1.29 is 47.6 Å². The third-order valence-corrected chi connectivity index (χ3v) is 10.1. The van der Waals surface area contributed by atoms with Gasteiger partial charge in [-0.05, 0) is 151 Å². The minimum Gasteiger partial charge on any atom is -0.497 e. The monoisotopic (exact) mass is 822 g/mol. The van der Waals surface area contributed by atoms with Gasteiger partial charge in [0.2, 0.25) is 0 Å². The van der Waals surface area contributed by atoms with Crippen LogP contribution in [0.5, 0.6) is 23.0 Å². The molecule has 6 aromatic rings. The van der Waals surface area contributed by atoms with Crippen molar-refractivity contribution in [2.45, 2.75) is 47.0 Å². The van der Waals surface area contributed by atoms with Gasteiger partial charge in [-0.3, -0.25) is 0 Å². The number of benzene rings is 6. The van der Waals surface area contributed by atoms with Gasteiger partial charge >= 0.3 is 23.9 Å². The summed E-state index contributed by atoms with van der Waals surface area (Å²) in [7, 11) is 5.96. The summed E-state index contributed by atoms with van der Waals surface area (Å²) >= 11 is 0. The zero-order valence-electron chi connectivity index (χ0n) is 35.9. The zero-order valence-corrected chi connectivity index (χ0v) is 35.9. The molecular weight excluding hydrogens is 773 g/mol. The van der Waals surface area contributed by atoms with Crippen molar-refractivity contribution in [3.8, 4) is 23.0 Å². The predicted octanol–water partition coefficient (Wildman–Crippen LogP) is 10.4. The first-order valence-electron chi connectivity index (χ1n) is 19.5. The van der Waals surface area contributed by atoms with Gasteiger partial charge in [-0.1, -0.05) is 55.5 Å². The summed E-state index contributed by atoms with van der Waals surface area (Å²) in [5, 5.41) is 0. The highest BCUT2D eigenvalue weighted by Gasteiger charge is 2.17. The largest absolute Gasteiger partial charge is 0.497 e. The molecule has 1 unspecified atom stereocenters. The summed E-state index contributed by atoms with van der Waals surface area (Å²) in [6, 6.07) is 36.1. The maximum Gasteiger partial charge on any atom is 0.343 e. The number of methoxy groups -OCH3 is 4. The molecule has 10 heteroatoms. The Kier molecular flexibility index (Phi) is 15.2. The Hall–Kier alpha value is -7.20. The fourth-order valence-electron chi connectivity index (χ4n) is 6.95. The molecule has 0 amide bonds. The van der Waals surface area contributed by atoms with E-state index in [9.17, 15) is 19.2 Å². The standard InChI is InChI=1S/C27H28O5.C24H22O5/c1-16-11-20(12-17(2)24(16)30-5)15-21-13-18(3)25(19(4)14-21)32-27(29)23-9-7-22(8-10-23)26(28)31-6;1-16(17-8-12-21(27-2)13-9-17)18-10-14-22(15-11-18)29-24(26)20-6-4-19(5-7-20)23(25)28-3/h7-14H,15H2,1-6H3;4-16H,1-3H3. The van der Waals surface area contributed by atoms with E-state index >= 15 is 0 Å². The number of carbonyl (C=O) groups is 4. The van der Waals surface area contributed by atoms with Crippen molar-refractivity contribution in [2.24, 2.45) is 0 Å². The summed E-state index contributed by atoms with van der Waals surface area (Å²) < 4.78 is 31.1. The van der Waals surface area contributed by atoms with Gasteiger partial charge in [0.15, 0.2) is 0 Å². The highest BCUT2D eigenvalue weighted by molar-refractivity contribution is 5.95. The summed E-state index contributed by atoms with van der Waals surface area (Å²) in [6.45, 7) is 10.1. The van der Waals surface area contributed by atoms with Gasteiger partial charge in [-0.15, -0.1) is 0 Å². The Bertz CT molecular complexity index is 2440. The summed E-state index contributed by atoms with van der Waals surface area (Å²) in [5.74, 6) is 1.08. The van der Waals surface area contributed by atoms with Crippen molar-refractivity contribution in [3.63, 3.8) is 0 Å². The minimum absolute atomic E-state index is 0.191. The summed E-state index contributed by atoms with van der Waals surface area (Å²) in [4.78, 5) is 48.0. The Balaban J connectivity index is 0.000000232. The van der Waals surface area contributed by atoms with E-state index in [0.717, 1.165) is 51.3 Å². The highest BCUT2D eigenvalue weighted by atomic mass is 16.5. The molecule has 0 N–H and O–H groups in total. The van der Waals surface area contributed by atoms with E-state index < -0.39 is 23.9 Å². The van der Waals surface area contributed by atoms with Crippen LogP contribution in [0.25, 0.3) is 0 Å². The molecule has 0 spiro atoms. The minimum atomic E-state index is -0.489. The van der Waals surface area contributed by atoms with Crippen LogP contribution in [0.4, 0.5) is 0 Å². The number of aryl methyl sites for hydroxylation is 4. The fraction of sp³-hybridized carbons (Fsp3) is 0.216. The van der Waals surface area contributed by atoms with Gasteiger partial charge < -0.3 is 28.4 Å². The lowest BCUT2D eigenvalue weighted by Gasteiger charge is -2.15. The summed E-state index contributed by atoms with van der Waals surface area (Å²) in [5.41, 5.74) is 10.1. The van der Waals surface area contributed by atoms with Gasteiger partial charge in [0.25, 0.3) is 0 Å². The Morgan fingerprint density at radius 2 is 0.770 bits per heavy atom. The molecule has 0 aliphatic carbocycles. The van der Waals surface area contributed by atoms with Crippen LogP contribution in [-0.2, 0) is 15.9 Å². The first-order valence-corrected chi connectivity index (χ1v) is 19.5. The van der Waals surface area contributed by atoms with Gasteiger partial charge in [-0.25, -0.2) is 19.2 Å².